The molecule has 0 aliphatic heterocycles. The quantitative estimate of drug-likeness (QED) is 0.877. The fraction of sp³-hybridized carbons (Fsp3) is 0.357. The standard InChI is InChI=1S/C14H18N2O/c1-9-14(16-11(3)15-9)13-7-5-6-12(8-13)10(2)17-4/h5-8,10H,1-4H3,(H,15,16). The second-order valence-corrected chi connectivity index (χ2v) is 4.30. The van der Waals surface area contributed by atoms with Gasteiger partial charge in [0.15, 0.2) is 0 Å². The number of imidazole rings is 1. The van der Waals surface area contributed by atoms with Crippen LogP contribution in [0.25, 0.3) is 11.3 Å². The molecule has 0 saturated heterocycles. The molecule has 0 aliphatic carbocycles. The first-order chi connectivity index (χ1) is 8.11. The molecule has 0 amide bonds. The lowest BCUT2D eigenvalue weighted by molar-refractivity contribution is 0.119. The first-order valence-corrected chi connectivity index (χ1v) is 5.78. The maximum atomic E-state index is 5.33. The van der Waals surface area contributed by atoms with E-state index >= 15 is 0 Å². The van der Waals surface area contributed by atoms with E-state index in [0.29, 0.717) is 0 Å². The Kier molecular flexibility index (Phi) is 3.29. The van der Waals surface area contributed by atoms with Gasteiger partial charge in [-0.15, -0.1) is 0 Å². The minimum Gasteiger partial charge on any atom is -0.377 e. The lowest BCUT2D eigenvalue weighted by Gasteiger charge is -2.10. The van der Waals surface area contributed by atoms with E-state index in [1.54, 1.807) is 7.11 Å². The molecular formula is C14H18N2O. The van der Waals surface area contributed by atoms with E-state index in [1.807, 2.05) is 26.8 Å². The van der Waals surface area contributed by atoms with E-state index < -0.39 is 0 Å². The summed E-state index contributed by atoms with van der Waals surface area (Å²) >= 11 is 0. The molecule has 1 aromatic heterocycles. The smallest absolute Gasteiger partial charge is 0.103 e. The summed E-state index contributed by atoms with van der Waals surface area (Å²) in [4.78, 5) is 7.74. The van der Waals surface area contributed by atoms with Crippen LogP contribution in [0.1, 0.15) is 30.1 Å². The molecule has 2 aromatic rings. The van der Waals surface area contributed by atoms with Crippen LogP contribution in [0.4, 0.5) is 0 Å². The second-order valence-electron chi connectivity index (χ2n) is 4.30. The SMILES string of the molecule is COC(C)c1cccc(-c2nc(C)[nH]c2C)c1. The van der Waals surface area contributed by atoms with Crippen molar-refractivity contribution in [2.45, 2.75) is 26.9 Å². The van der Waals surface area contributed by atoms with E-state index in [9.17, 15) is 0 Å². The monoisotopic (exact) mass is 230 g/mol. The topological polar surface area (TPSA) is 37.9 Å². The Bertz CT molecular complexity index is 517. The predicted octanol–water partition coefficient (Wildman–Crippen LogP) is 3.40. The van der Waals surface area contributed by atoms with Gasteiger partial charge in [0, 0.05) is 18.4 Å². The van der Waals surface area contributed by atoms with Gasteiger partial charge in [0.1, 0.15) is 5.82 Å². The number of aryl methyl sites for hydroxylation is 2. The van der Waals surface area contributed by atoms with E-state index in [-0.39, 0.29) is 6.10 Å². The van der Waals surface area contributed by atoms with E-state index in [2.05, 4.69) is 28.2 Å². The Morgan fingerprint density at radius 2 is 2.06 bits per heavy atom. The number of hydrogen-bond acceptors (Lipinski definition) is 2. The number of H-pyrrole nitrogens is 1. The van der Waals surface area contributed by atoms with Gasteiger partial charge in [-0.1, -0.05) is 18.2 Å². The fourth-order valence-corrected chi connectivity index (χ4v) is 1.97. The average Bonchev–Trinajstić information content (AvgIpc) is 2.67. The van der Waals surface area contributed by atoms with Crippen molar-refractivity contribution in [1.82, 2.24) is 9.97 Å². The average molecular weight is 230 g/mol. The number of ether oxygens (including phenoxy) is 1. The van der Waals surface area contributed by atoms with E-state index in [4.69, 9.17) is 4.74 Å². The summed E-state index contributed by atoms with van der Waals surface area (Å²) in [7, 11) is 1.72. The lowest BCUT2D eigenvalue weighted by Crippen LogP contribution is -1.95. The Morgan fingerprint density at radius 1 is 1.29 bits per heavy atom. The number of nitrogens with one attached hydrogen (secondary N) is 1. The summed E-state index contributed by atoms with van der Waals surface area (Å²) in [5, 5.41) is 0. The molecule has 90 valence electrons. The fourth-order valence-electron chi connectivity index (χ4n) is 1.97. The highest BCUT2D eigenvalue weighted by atomic mass is 16.5. The Labute approximate surface area is 102 Å². The van der Waals surface area contributed by atoms with Gasteiger partial charge in [0.25, 0.3) is 0 Å². The maximum Gasteiger partial charge on any atom is 0.103 e. The Morgan fingerprint density at radius 3 is 2.65 bits per heavy atom. The molecule has 3 heteroatoms. The minimum atomic E-state index is 0.107. The third-order valence-electron chi connectivity index (χ3n) is 2.99. The highest BCUT2D eigenvalue weighted by molar-refractivity contribution is 5.62. The molecule has 1 aromatic carbocycles. The number of hydrogen-bond donors (Lipinski definition) is 1. The van der Waals surface area contributed by atoms with Crippen LogP contribution in [-0.4, -0.2) is 17.1 Å². The largest absolute Gasteiger partial charge is 0.377 e. The van der Waals surface area contributed by atoms with Gasteiger partial charge in [-0.2, -0.15) is 0 Å². The normalized spacial score (nSPS) is 12.7. The van der Waals surface area contributed by atoms with Crippen LogP contribution < -0.4 is 0 Å². The summed E-state index contributed by atoms with van der Waals surface area (Å²) in [6.07, 6.45) is 0.107. The van der Waals surface area contributed by atoms with Gasteiger partial charge in [-0.25, -0.2) is 4.98 Å². The van der Waals surface area contributed by atoms with Gasteiger partial charge in [-0.3, -0.25) is 0 Å². The van der Waals surface area contributed by atoms with Gasteiger partial charge in [0.2, 0.25) is 0 Å². The molecule has 0 spiro atoms. The molecule has 0 fully saturated rings. The Balaban J connectivity index is 2.43. The van der Waals surface area contributed by atoms with Crippen molar-refractivity contribution in [2.24, 2.45) is 0 Å². The molecular weight excluding hydrogens is 212 g/mol. The number of aromatic nitrogens is 2. The third-order valence-corrected chi connectivity index (χ3v) is 2.99. The van der Waals surface area contributed by atoms with Crippen molar-refractivity contribution in [3.05, 3.63) is 41.3 Å². The summed E-state index contributed by atoms with van der Waals surface area (Å²) in [5.41, 5.74) is 4.43. The number of rotatable bonds is 3. The van der Waals surface area contributed by atoms with Crippen LogP contribution in [0, 0.1) is 13.8 Å². The van der Waals surface area contributed by atoms with Crippen LogP contribution in [-0.2, 0) is 4.74 Å². The summed E-state index contributed by atoms with van der Waals surface area (Å²) < 4.78 is 5.33. The molecule has 3 nitrogen and oxygen atoms in total. The number of aromatic amines is 1. The maximum absolute atomic E-state index is 5.33. The molecule has 1 N–H and O–H groups in total. The molecule has 17 heavy (non-hydrogen) atoms. The predicted molar refractivity (Wildman–Crippen MR) is 68.9 cm³/mol. The summed E-state index contributed by atoms with van der Waals surface area (Å²) in [6, 6.07) is 8.33. The lowest BCUT2D eigenvalue weighted by atomic mass is 10.0. The first-order valence-electron chi connectivity index (χ1n) is 5.78. The highest BCUT2D eigenvalue weighted by Crippen LogP contribution is 2.25. The third kappa shape index (κ3) is 2.39. The van der Waals surface area contributed by atoms with Gasteiger partial charge < -0.3 is 9.72 Å². The van der Waals surface area contributed by atoms with Gasteiger partial charge in [0.05, 0.1) is 11.8 Å². The Hall–Kier alpha value is -1.61. The molecule has 1 heterocycles. The zero-order chi connectivity index (χ0) is 12.4. The number of benzene rings is 1. The second kappa shape index (κ2) is 4.72. The molecule has 0 bridgehead atoms. The van der Waals surface area contributed by atoms with Crippen LogP contribution in [0.3, 0.4) is 0 Å². The zero-order valence-electron chi connectivity index (χ0n) is 10.7. The number of nitrogens with zero attached hydrogens (tertiary/aromatic N) is 1. The summed E-state index contributed by atoms with van der Waals surface area (Å²) in [5.74, 6) is 0.947. The van der Waals surface area contributed by atoms with Crippen molar-refractivity contribution < 1.29 is 4.74 Å². The van der Waals surface area contributed by atoms with Crippen molar-refractivity contribution in [2.75, 3.05) is 7.11 Å². The molecule has 0 saturated carbocycles. The van der Waals surface area contributed by atoms with Crippen LogP contribution in [0.5, 0.6) is 0 Å². The molecule has 1 atom stereocenters. The summed E-state index contributed by atoms with van der Waals surface area (Å²) in [6.45, 7) is 6.06. The zero-order valence-corrected chi connectivity index (χ0v) is 10.7. The molecule has 2 rings (SSSR count). The highest BCUT2D eigenvalue weighted by Gasteiger charge is 2.09. The van der Waals surface area contributed by atoms with Crippen molar-refractivity contribution in [1.29, 1.82) is 0 Å². The van der Waals surface area contributed by atoms with Crippen molar-refractivity contribution >= 4 is 0 Å². The van der Waals surface area contributed by atoms with Gasteiger partial charge in [-0.05, 0) is 32.4 Å². The first kappa shape index (κ1) is 11.9. The van der Waals surface area contributed by atoms with Crippen molar-refractivity contribution in [3.63, 3.8) is 0 Å². The van der Waals surface area contributed by atoms with Crippen molar-refractivity contribution in [3.8, 4) is 11.3 Å². The van der Waals surface area contributed by atoms with Gasteiger partial charge >= 0.3 is 0 Å². The van der Waals surface area contributed by atoms with Crippen LogP contribution >= 0.6 is 0 Å². The van der Waals surface area contributed by atoms with Crippen LogP contribution in [0.15, 0.2) is 24.3 Å². The minimum absolute atomic E-state index is 0.107. The molecule has 1 unspecified atom stereocenters. The van der Waals surface area contributed by atoms with E-state index in [1.165, 1.54) is 5.56 Å². The molecule has 0 aliphatic rings. The van der Waals surface area contributed by atoms with E-state index in [0.717, 1.165) is 22.8 Å². The van der Waals surface area contributed by atoms with Crippen LogP contribution in [0.2, 0.25) is 0 Å². The number of methoxy groups -OCH3 is 1. The molecule has 0 radical (unpaired) electrons.